The van der Waals surface area contributed by atoms with E-state index >= 15 is 0 Å². The summed E-state index contributed by atoms with van der Waals surface area (Å²) in [5, 5.41) is 6.44. The van der Waals surface area contributed by atoms with Gasteiger partial charge < -0.3 is 10.2 Å². The van der Waals surface area contributed by atoms with E-state index in [0.717, 1.165) is 58.4 Å². The first-order chi connectivity index (χ1) is 14.1. The van der Waals surface area contributed by atoms with Crippen molar-refractivity contribution in [2.45, 2.75) is 9.96 Å². The molecule has 5 rings (SSSR count). The molecule has 0 amide bonds. The monoisotopic (exact) mass is 459 g/mol. The lowest BCUT2D eigenvalue weighted by atomic mass is 10.1. The molecule has 0 atom stereocenters. The van der Waals surface area contributed by atoms with Gasteiger partial charge in [-0.05, 0) is 28.5 Å². The van der Waals surface area contributed by atoms with Crippen molar-refractivity contribution in [3.63, 3.8) is 0 Å². The van der Waals surface area contributed by atoms with Crippen molar-refractivity contribution in [2.24, 2.45) is 0 Å². The lowest BCUT2D eigenvalue weighted by molar-refractivity contribution is 0.586. The van der Waals surface area contributed by atoms with Crippen LogP contribution in [0.1, 0.15) is 5.56 Å². The predicted molar refractivity (Wildman–Crippen MR) is 127 cm³/mol. The summed E-state index contributed by atoms with van der Waals surface area (Å²) in [6, 6.07) is 17.6. The van der Waals surface area contributed by atoms with Gasteiger partial charge in [0.15, 0.2) is 9.84 Å². The van der Waals surface area contributed by atoms with Gasteiger partial charge in [-0.15, -0.1) is 23.7 Å². The number of halogens is 1. The molecule has 1 fully saturated rings. The van der Waals surface area contributed by atoms with Gasteiger partial charge in [0, 0.05) is 42.5 Å². The Kier molecular flexibility index (Phi) is 5.97. The number of nitrogens with one attached hydrogen (secondary N) is 1. The molecule has 2 aromatic heterocycles. The van der Waals surface area contributed by atoms with Crippen LogP contribution in [0.3, 0.4) is 0 Å². The van der Waals surface area contributed by atoms with Gasteiger partial charge in [-0.25, -0.2) is 13.4 Å². The van der Waals surface area contributed by atoms with Gasteiger partial charge in [-0.3, -0.25) is 0 Å². The van der Waals surface area contributed by atoms with E-state index in [2.05, 4.69) is 15.2 Å². The van der Waals surface area contributed by atoms with E-state index in [1.807, 2.05) is 48.5 Å². The number of piperazine rings is 1. The fourth-order valence-corrected chi connectivity index (χ4v) is 6.62. The summed E-state index contributed by atoms with van der Waals surface area (Å²) in [5.74, 6) is 0.883. The molecule has 30 heavy (non-hydrogen) atoms. The Morgan fingerprint density at radius 3 is 2.57 bits per heavy atom. The Balaban J connectivity index is 0.00000218. The Morgan fingerprint density at radius 2 is 1.77 bits per heavy atom. The molecule has 0 bridgehead atoms. The van der Waals surface area contributed by atoms with Crippen molar-refractivity contribution in [1.82, 2.24) is 10.3 Å². The van der Waals surface area contributed by atoms with Gasteiger partial charge in [0.05, 0.1) is 5.75 Å². The van der Waals surface area contributed by atoms with E-state index < -0.39 is 9.84 Å². The van der Waals surface area contributed by atoms with Gasteiger partial charge >= 0.3 is 0 Å². The number of thiophene rings is 1. The fraction of sp³-hybridized carbons (Fsp3) is 0.227. The van der Waals surface area contributed by atoms with Crippen LogP contribution in [-0.2, 0) is 15.6 Å². The molecule has 1 N–H and O–H groups in total. The largest absolute Gasteiger partial charge is 0.354 e. The molecule has 1 aliphatic heterocycles. The van der Waals surface area contributed by atoms with Crippen LogP contribution in [-0.4, -0.2) is 39.6 Å². The van der Waals surface area contributed by atoms with Crippen molar-refractivity contribution < 1.29 is 8.42 Å². The molecule has 4 aromatic rings. The van der Waals surface area contributed by atoms with Crippen LogP contribution in [0, 0.1) is 0 Å². The second-order valence-corrected chi connectivity index (χ2v) is 10.6. The first kappa shape index (κ1) is 21.1. The fourth-order valence-electron chi connectivity index (χ4n) is 3.83. The lowest BCUT2D eigenvalue weighted by Crippen LogP contribution is -2.43. The normalized spacial score (nSPS) is 14.7. The first-order valence-electron chi connectivity index (χ1n) is 9.65. The Hall–Kier alpha value is -2.19. The zero-order valence-electron chi connectivity index (χ0n) is 16.2. The number of fused-ring (bicyclic) bond motifs is 2. The number of nitrogens with zero attached hydrogens (tertiary/aromatic N) is 2. The quantitative estimate of drug-likeness (QED) is 0.494. The van der Waals surface area contributed by atoms with Gasteiger partial charge in [0.25, 0.3) is 0 Å². The maximum Gasteiger partial charge on any atom is 0.191 e. The summed E-state index contributed by atoms with van der Waals surface area (Å²) in [4.78, 5) is 6.78. The number of benzene rings is 2. The number of anilines is 1. The van der Waals surface area contributed by atoms with Crippen LogP contribution in [0.15, 0.2) is 65.0 Å². The van der Waals surface area contributed by atoms with Gasteiger partial charge in [0.2, 0.25) is 0 Å². The number of hydrogen-bond donors (Lipinski definition) is 1. The first-order valence-corrected chi connectivity index (χ1v) is 12.1. The van der Waals surface area contributed by atoms with E-state index in [0.29, 0.717) is 4.21 Å². The third-order valence-electron chi connectivity index (χ3n) is 5.30. The second kappa shape index (κ2) is 8.51. The van der Waals surface area contributed by atoms with Crippen LogP contribution in [0.5, 0.6) is 0 Å². The van der Waals surface area contributed by atoms with E-state index in [9.17, 15) is 8.42 Å². The van der Waals surface area contributed by atoms with Crippen LogP contribution >= 0.6 is 23.7 Å². The number of pyridine rings is 1. The molecule has 0 aliphatic carbocycles. The average molecular weight is 460 g/mol. The maximum atomic E-state index is 13.2. The summed E-state index contributed by atoms with van der Waals surface area (Å²) in [5.41, 5.74) is 0.807. The van der Waals surface area contributed by atoms with E-state index in [4.69, 9.17) is 0 Å². The predicted octanol–water partition coefficient (Wildman–Crippen LogP) is 4.25. The minimum Gasteiger partial charge on any atom is -0.354 e. The molecule has 5 nitrogen and oxygen atoms in total. The molecule has 2 aromatic carbocycles. The summed E-state index contributed by atoms with van der Waals surface area (Å²) >= 11 is 1.33. The highest BCUT2D eigenvalue weighted by Gasteiger charge is 2.22. The molecule has 156 valence electrons. The minimum absolute atomic E-state index is 0. The molecule has 1 aliphatic rings. The Labute approximate surface area is 186 Å². The zero-order chi connectivity index (χ0) is 19.8. The molecule has 0 radical (unpaired) electrons. The standard InChI is InChI=1S/C22H21N3O2S2.ClH/c26-29(27,15-16-5-6-17-3-1-2-4-18(17)13-16)21-14-19-20(28-21)7-8-24-22(19)25-11-9-23-10-12-25;/h1-8,13-14,23H,9-12,15H2;1H. The SMILES string of the molecule is Cl.O=S(=O)(Cc1ccc2ccccc2c1)c1cc2c(N3CCNCC3)nccc2s1. The lowest BCUT2D eigenvalue weighted by Gasteiger charge is -2.28. The van der Waals surface area contributed by atoms with Crippen LogP contribution in [0.4, 0.5) is 5.82 Å². The Morgan fingerprint density at radius 1 is 1.00 bits per heavy atom. The van der Waals surface area contributed by atoms with Crippen molar-refractivity contribution in [3.8, 4) is 0 Å². The second-order valence-electron chi connectivity index (χ2n) is 7.29. The molecular weight excluding hydrogens is 438 g/mol. The average Bonchev–Trinajstić information content (AvgIpc) is 3.20. The van der Waals surface area contributed by atoms with Crippen molar-refractivity contribution in [2.75, 3.05) is 31.1 Å². The topological polar surface area (TPSA) is 62.3 Å². The summed E-state index contributed by atoms with van der Waals surface area (Å²) in [6.07, 6.45) is 1.77. The highest BCUT2D eigenvalue weighted by atomic mass is 35.5. The molecule has 0 spiro atoms. The molecule has 8 heteroatoms. The number of aromatic nitrogens is 1. The van der Waals surface area contributed by atoms with Gasteiger partial charge in [-0.1, -0.05) is 42.5 Å². The summed E-state index contributed by atoms with van der Waals surface area (Å²) in [7, 11) is -3.43. The highest BCUT2D eigenvalue weighted by molar-refractivity contribution is 7.92. The van der Waals surface area contributed by atoms with Crippen LogP contribution in [0.2, 0.25) is 0 Å². The number of rotatable bonds is 4. The molecule has 1 saturated heterocycles. The van der Waals surface area contributed by atoms with Gasteiger partial charge in [0.1, 0.15) is 10.0 Å². The van der Waals surface area contributed by atoms with Crippen LogP contribution in [0.25, 0.3) is 20.9 Å². The van der Waals surface area contributed by atoms with Crippen LogP contribution < -0.4 is 10.2 Å². The Bertz CT molecular complexity index is 1300. The molecule has 0 saturated carbocycles. The molecule has 3 heterocycles. The van der Waals surface area contributed by atoms with Crippen molar-refractivity contribution in [3.05, 3.63) is 66.4 Å². The number of hydrogen-bond acceptors (Lipinski definition) is 6. The number of sulfone groups is 1. The maximum absolute atomic E-state index is 13.2. The summed E-state index contributed by atoms with van der Waals surface area (Å²) in [6.45, 7) is 3.58. The van der Waals surface area contributed by atoms with E-state index in [1.165, 1.54) is 11.3 Å². The van der Waals surface area contributed by atoms with Gasteiger partial charge in [-0.2, -0.15) is 0 Å². The van der Waals surface area contributed by atoms with E-state index in [1.54, 1.807) is 12.3 Å². The zero-order valence-corrected chi connectivity index (χ0v) is 18.7. The highest BCUT2D eigenvalue weighted by Crippen LogP contribution is 2.35. The third kappa shape index (κ3) is 4.03. The molecule has 0 unspecified atom stereocenters. The third-order valence-corrected chi connectivity index (χ3v) is 8.65. The smallest absolute Gasteiger partial charge is 0.191 e. The van der Waals surface area contributed by atoms with E-state index in [-0.39, 0.29) is 18.2 Å². The van der Waals surface area contributed by atoms with Crippen molar-refractivity contribution in [1.29, 1.82) is 0 Å². The molecular formula is C22H22ClN3O2S2. The summed E-state index contributed by atoms with van der Waals surface area (Å²) < 4.78 is 27.7. The minimum atomic E-state index is -3.43. The van der Waals surface area contributed by atoms with Crippen molar-refractivity contribution >= 4 is 60.3 Å².